The highest BCUT2D eigenvalue weighted by Crippen LogP contribution is 2.26. The van der Waals surface area contributed by atoms with Gasteiger partial charge >= 0.3 is 0 Å². The Morgan fingerprint density at radius 1 is 1.11 bits per heavy atom. The molecule has 2 aromatic carbocycles. The van der Waals surface area contributed by atoms with Crippen LogP contribution in [0.1, 0.15) is 38.2 Å². The van der Waals surface area contributed by atoms with E-state index in [2.05, 4.69) is 38.4 Å². The van der Waals surface area contributed by atoms with E-state index < -0.39 is 0 Å². The number of hydrogen-bond donors (Lipinski definition) is 1. The Morgan fingerprint density at radius 3 is 2.75 bits per heavy atom. The van der Waals surface area contributed by atoms with Crippen LogP contribution < -0.4 is 10.2 Å². The van der Waals surface area contributed by atoms with Crippen molar-refractivity contribution in [3.63, 3.8) is 0 Å². The Balaban J connectivity index is 1.57. The van der Waals surface area contributed by atoms with Crippen LogP contribution in [0, 0.1) is 0 Å². The van der Waals surface area contributed by atoms with Crippen LogP contribution in [-0.4, -0.2) is 17.8 Å². The minimum absolute atomic E-state index is 0.737. The molecule has 0 atom stereocenters. The van der Waals surface area contributed by atoms with Crippen molar-refractivity contribution in [3.8, 4) is 17.0 Å². The van der Waals surface area contributed by atoms with Gasteiger partial charge in [0, 0.05) is 21.0 Å². The molecule has 0 spiro atoms. The van der Waals surface area contributed by atoms with Gasteiger partial charge in [0.2, 0.25) is 5.13 Å². The average molecular weight is 458 g/mol. The second-order valence-electron chi connectivity index (χ2n) is 6.36. The van der Waals surface area contributed by atoms with Gasteiger partial charge in [0.1, 0.15) is 5.75 Å². The third-order valence-electron chi connectivity index (χ3n) is 4.18. The molecule has 0 radical (unpaired) electrons. The maximum atomic E-state index is 5.92. The number of rotatable bonds is 10. The molecule has 146 valence electrons. The van der Waals surface area contributed by atoms with Crippen LogP contribution in [-0.2, 0) is 0 Å². The van der Waals surface area contributed by atoms with Crippen LogP contribution in [0.4, 0.5) is 5.13 Å². The highest BCUT2D eigenvalue weighted by molar-refractivity contribution is 9.10. The van der Waals surface area contributed by atoms with E-state index in [0.717, 1.165) is 45.2 Å². The number of hydrogen-bond acceptors (Lipinski definition) is 5. The Kier molecular flexibility index (Phi) is 8.06. The largest absolute Gasteiger partial charge is 0.493 e. The van der Waals surface area contributed by atoms with Gasteiger partial charge in [-0.05, 0) is 30.7 Å². The normalized spacial score (nSPS) is 11.1. The molecule has 1 N–H and O–H groups in total. The Hall–Kier alpha value is -2.18. The van der Waals surface area contributed by atoms with Crippen molar-refractivity contribution in [2.24, 2.45) is 5.10 Å². The SMILES string of the molecule is CCCCCCOc1ccccc1/C=N\Nc1nc(-c2ccc(Br)cc2)cs1. The molecule has 6 heteroatoms. The fraction of sp³-hybridized carbons (Fsp3) is 0.273. The summed E-state index contributed by atoms with van der Waals surface area (Å²) in [5.41, 5.74) is 5.99. The molecule has 0 saturated heterocycles. The van der Waals surface area contributed by atoms with Crippen LogP contribution in [0.2, 0.25) is 0 Å². The Bertz CT molecular complexity index is 893. The predicted molar refractivity (Wildman–Crippen MR) is 123 cm³/mol. The minimum Gasteiger partial charge on any atom is -0.493 e. The summed E-state index contributed by atoms with van der Waals surface area (Å²) in [6.45, 7) is 2.95. The van der Waals surface area contributed by atoms with E-state index in [0.29, 0.717) is 0 Å². The summed E-state index contributed by atoms with van der Waals surface area (Å²) in [4.78, 5) is 4.59. The van der Waals surface area contributed by atoms with E-state index in [9.17, 15) is 0 Å². The van der Waals surface area contributed by atoms with E-state index in [1.807, 2.05) is 53.9 Å². The van der Waals surface area contributed by atoms with Crippen LogP contribution >= 0.6 is 27.3 Å². The Morgan fingerprint density at radius 2 is 1.93 bits per heavy atom. The van der Waals surface area contributed by atoms with Gasteiger partial charge in [0.25, 0.3) is 0 Å². The van der Waals surface area contributed by atoms with Crippen molar-refractivity contribution in [1.82, 2.24) is 4.98 Å². The molecule has 0 aliphatic heterocycles. The lowest BCUT2D eigenvalue weighted by Gasteiger charge is -2.08. The summed E-state index contributed by atoms with van der Waals surface area (Å²) in [7, 11) is 0. The van der Waals surface area contributed by atoms with E-state index in [4.69, 9.17) is 4.74 Å². The molecule has 4 nitrogen and oxygen atoms in total. The summed E-state index contributed by atoms with van der Waals surface area (Å²) in [5.74, 6) is 0.860. The fourth-order valence-electron chi connectivity index (χ4n) is 2.66. The standard InChI is InChI=1S/C22H24BrN3OS/c1-2-3-4-7-14-27-21-9-6-5-8-18(21)15-24-26-22-25-20(16-28-22)17-10-12-19(23)13-11-17/h5-6,8-13,15-16H,2-4,7,14H2,1H3,(H,25,26)/b24-15-. The van der Waals surface area contributed by atoms with E-state index in [-0.39, 0.29) is 0 Å². The minimum atomic E-state index is 0.737. The van der Waals surface area contributed by atoms with E-state index in [1.165, 1.54) is 30.6 Å². The number of unbranched alkanes of at least 4 members (excludes halogenated alkanes) is 3. The fourth-order valence-corrected chi connectivity index (χ4v) is 3.60. The van der Waals surface area contributed by atoms with Gasteiger partial charge in [-0.25, -0.2) is 4.98 Å². The molecule has 0 amide bonds. The third-order valence-corrected chi connectivity index (χ3v) is 5.46. The molecule has 0 saturated carbocycles. The average Bonchev–Trinajstić information content (AvgIpc) is 3.18. The molecule has 0 fully saturated rings. The van der Waals surface area contributed by atoms with Crippen LogP contribution in [0.3, 0.4) is 0 Å². The predicted octanol–water partition coefficient (Wildman–Crippen LogP) is 6.98. The second kappa shape index (κ2) is 11.0. The number of thiazole rings is 1. The topological polar surface area (TPSA) is 46.5 Å². The van der Waals surface area contributed by atoms with Gasteiger partial charge in [0.05, 0.1) is 18.5 Å². The maximum Gasteiger partial charge on any atom is 0.203 e. The molecule has 0 aliphatic rings. The van der Waals surface area contributed by atoms with Gasteiger partial charge in [-0.2, -0.15) is 5.10 Å². The first-order chi connectivity index (χ1) is 13.8. The van der Waals surface area contributed by atoms with Crippen molar-refractivity contribution in [2.45, 2.75) is 32.6 Å². The third kappa shape index (κ3) is 6.17. The summed E-state index contributed by atoms with van der Waals surface area (Å²) in [5, 5.41) is 7.12. The molecule has 3 aromatic rings. The van der Waals surface area contributed by atoms with E-state index in [1.54, 1.807) is 6.21 Å². The molecule has 0 bridgehead atoms. The summed E-state index contributed by atoms with van der Waals surface area (Å²) in [6, 6.07) is 16.1. The molecule has 28 heavy (non-hydrogen) atoms. The Labute approximate surface area is 178 Å². The molecule has 0 unspecified atom stereocenters. The summed E-state index contributed by atoms with van der Waals surface area (Å²) >= 11 is 4.98. The monoisotopic (exact) mass is 457 g/mol. The lowest BCUT2D eigenvalue weighted by molar-refractivity contribution is 0.304. The van der Waals surface area contributed by atoms with Crippen LogP contribution in [0.15, 0.2) is 63.5 Å². The molecular weight excluding hydrogens is 434 g/mol. The van der Waals surface area contributed by atoms with E-state index >= 15 is 0 Å². The van der Waals surface area contributed by atoms with Gasteiger partial charge < -0.3 is 4.74 Å². The number of hydrazone groups is 1. The zero-order chi connectivity index (χ0) is 19.6. The quantitative estimate of drug-likeness (QED) is 0.203. The summed E-state index contributed by atoms with van der Waals surface area (Å²) in [6.07, 6.45) is 6.55. The zero-order valence-corrected chi connectivity index (χ0v) is 18.3. The molecule has 3 rings (SSSR count). The lowest BCUT2D eigenvalue weighted by Crippen LogP contribution is -2.00. The highest BCUT2D eigenvalue weighted by Gasteiger charge is 2.04. The first-order valence-corrected chi connectivity index (χ1v) is 11.2. The molecular formula is C22H24BrN3OS. The molecule has 1 aromatic heterocycles. The van der Waals surface area contributed by atoms with Crippen molar-refractivity contribution in [2.75, 3.05) is 12.0 Å². The number of ether oxygens (including phenoxy) is 1. The van der Waals surface area contributed by atoms with Crippen LogP contribution in [0.25, 0.3) is 11.3 Å². The first kappa shape index (κ1) is 20.6. The number of nitrogens with one attached hydrogen (secondary N) is 1. The smallest absolute Gasteiger partial charge is 0.203 e. The number of anilines is 1. The van der Waals surface area contributed by atoms with Crippen molar-refractivity contribution >= 4 is 38.6 Å². The first-order valence-electron chi connectivity index (χ1n) is 9.48. The number of para-hydroxylation sites is 1. The van der Waals surface area contributed by atoms with Crippen molar-refractivity contribution in [3.05, 3.63) is 63.9 Å². The van der Waals surface area contributed by atoms with Gasteiger partial charge in [-0.1, -0.05) is 66.4 Å². The number of benzene rings is 2. The van der Waals surface area contributed by atoms with Gasteiger partial charge in [-0.3, -0.25) is 5.43 Å². The van der Waals surface area contributed by atoms with Crippen LogP contribution in [0.5, 0.6) is 5.75 Å². The summed E-state index contributed by atoms with van der Waals surface area (Å²) < 4.78 is 6.98. The molecule has 0 aliphatic carbocycles. The van der Waals surface area contributed by atoms with Crippen molar-refractivity contribution in [1.29, 1.82) is 0 Å². The maximum absolute atomic E-state index is 5.92. The molecule has 1 heterocycles. The highest BCUT2D eigenvalue weighted by atomic mass is 79.9. The van der Waals surface area contributed by atoms with Gasteiger partial charge in [0.15, 0.2) is 0 Å². The number of aromatic nitrogens is 1. The number of halogens is 1. The number of nitrogens with zero attached hydrogens (tertiary/aromatic N) is 2. The zero-order valence-electron chi connectivity index (χ0n) is 15.9. The van der Waals surface area contributed by atoms with Crippen molar-refractivity contribution < 1.29 is 4.74 Å². The second-order valence-corrected chi connectivity index (χ2v) is 8.14. The lowest BCUT2D eigenvalue weighted by atomic mass is 10.2. The van der Waals surface area contributed by atoms with Gasteiger partial charge in [-0.15, -0.1) is 11.3 Å².